The standard InChI is InChI=1S/C30H29N5S/c1-35(2)15-16-36-29-6-4-3-5-28(29)30-14-13-26(34-30)19-25-10-9-22(32-25)17-21-7-8-23(31-21)18-24-11-12-27(20-30)33-24/h3-13,17-20,31,34H,14-16H2,1-2H3/b21-17-,23-18-,25-19-,27-20-. The SMILES string of the molecule is CN(C)CCSc1ccccc1C12/C=C3/C=CC(=N3)/C=c3/cc/c([nH]3)=C/C3=NC(=C\C(=CC1)N2)/C=C3. The summed E-state index contributed by atoms with van der Waals surface area (Å²) in [4.78, 5) is 16.7. The second kappa shape index (κ2) is 9.45. The van der Waals surface area contributed by atoms with Crippen LogP contribution in [0.4, 0.5) is 0 Å². The third kappa shape index (κ3) is 4.74. The molecular weight excluding hydrogens is 462 g/mol. The van der Waals surface area contributed by atoms with Crippen molar-refractivity contribution in [2.45, 2.75) is 16.9 Å². The van der Waals surface area contributed by atoms with Crippen molar-refractivity contribution in [3.63, 3.8) is 0 Å². The summed E-state index contributed by atoms with van der Waals surface area (Å²) in [5.41, 5.74) is 5.77. The number of thioether (sulfide) groups is 1. The normalized spacial score (nSPS) is 26.6. The molecule has 0 radical (unpaired) electrons. The number of aliphatic imine (C=N–C) groups is 2. The summed E-state index contributed by atoms with van der Waals surface area (Å²) in [5, 5.41) is 5.91. The molecule has 0 amide bonds. The van der Waals surface area contributed by atoms with Gasteiger partial charge in [-0.15, -0.1) is 11.8 Å². The molecule has 0 spiro atoms. The van der Waals surface area contributed by atoms with E-state index in [1.165, 1.54) is 10.5 Å². The van der Waals surface area contributed by atoms with Crippen molar-refractivity contribution >= 4 is 35.3 Å². The first-order chi connectivity index (χ1) is 17.5. The molecule has 1 atom stereocenters. The van der Waals surface area contributed by atoms with Crippen LogP contribution >= 0.6 is 11.8 Å². The molecule has 6 rings (SSSR count). The summed E-state index contributed by atoms with van der Waals surface area (Å²) in [6.07, 6.45) is 20.0. The van der Waals surface area contributed by atoms with E-state index in [4.69, 9.17) is 9.98 Å². The molecule has 1 aromatic heterocycles. The lowest BCUT2D eigenvalue weighted by Gasteiger charge is -2.31. The number of rotatable bonds is 5. The van der Waals surface area contributed by atoms with Gasteiger partial charge in [0.25, 0.3) is 0 Å². The zero-order valence-corrected chi connectivity index (χ0v) is 21.3. The van der Waals surface area contributed by atoms with E-state index < -0.39 is 0 Å². The van der Waals surface area contributed by atoms with Crippen molar-refractivity contribution in [3.8, 4) is 0 Å². The number of aromatic nitrogens is 1. The van der Waals surface area contributed by atoms with Gasteiger partial charge in [0.15, 0.2) is 0 Å². The Morgan fingerprint density at radius 3 is 2.39 bits per heavy atom. The molecule has 5 heterocycles. The van der Waals surface area contributed by atoms with E-state index in [9.17, 15) is 0 Å². The molecule has 0 fully saturated rings. The highest BCUT2D eigenvalue weighted by Gasteiger charge is 2.36. The predicted molar refractivity (Wildman–Crippen MR) is 152 cm³/mol. The van der Waals surface area contributed by atoms with Crippen LogP contribution in [0.15, 0.2) is 111 Å². The van der Waals surface area contributed by atoms with Gasteiger partial charge in [0, 0.05) is 33.6 Å². The van der Waals surface area contributed by atoms with Crippen LogP contribution in [0.25, 0.3) is 12.2 Å². The Balaban J connectivity index is 1.46. The maximum absolute atomic E-state index is 4.95. The highest BCUT2D eigenvalue weighted by molar-refractivity contribution is 7.99. The minimum Gasteiger partial charge on any atom is -0.372 e. The molecule has 1 unspecified atom stereocenters. The number of H-pyrrole nitrogens is 1. The van der Waals surface area contributed by atoms with E-state index in [-0.39, 0.29) is 5.54 Å². The first-order valence-corrected chi connectivity index (χ1v) is 13.3. The molecule has 0 saturated carbocycles. The van der Waals surface area contributed by atoms with Gasteiger partial charge in [0.1, 0.15) is 0 Å². The summed E-state index contributed by atoms with van der Waals surface area (Å²) in [6.45, 7) is 1.03. The quantitative estimate of drug-likeness (QED) is 0.626. The van der Waals surface area contributed by atoms with Crippen molar-refractivity contribution in [2.24, 2.45) is 9.98 Å². The van der Waals surface area contributed by atoms with Gasteiger partial charge in [-0.1, -0.05) is 24.3 Å². The van der Waals surface area contributed by atoms with Crippen LogP contribution in [-0.2, 0) is 5.54 Å². The summed E-state index contributed by atoms with van der Waals surface area (Å²) >= 11 is 1.91. The Bertz CT molecular complexity index is 1540. The topological polar surface area (TPSA) is 55.8 Å². The first-order valence-electron chi connectivity index (χ1n) is 12.3. The lowest BCUT2D eigenvalue weighted by molar-refractivity contribution is 0.437. The molecule has 2 aromatic rings. The molecule has 0 aliphatic carbocycles. The fraction of sp³-hybridized carbons (Fsp3) is 0.200. The van der Waals surface area contributed by atoms with Crippen molar-refractivity contribution in [2.75, 3.05) is 26.4 Å². The largest absolute Gasteiger partial charge is 0.372 e. The average molecular weight is 492 g/mol. The van der Waals surface area contributed by atoms with Crippen LogP contribution in [-0.4, -0.2) is 47.7 Å². The van der Waals surface area contributed by atoms with Crippen molar-refractivity contribution in [1.29, 1.82) is 0 Å². The zero-order chi connectivity index (χ0) is 24.5. The number of aromatic amines is 1. The Kier molecular flexibility index (Phi) is 5.99. The fourth-order valence-corrected chi connectivity index (χ4v) is 6.07. The molecule has 1 aromatic carbocycles. The Morgan fingerprint density at radius 1 is 0.889 bits per heavy atom. The molecule has 5 nitrogen and oxygen atoms in total. The smallest absolute Gasteiger partial charge is 0.0879 e. The van der Waals surface area contributed by atoms with Crippen LogP contribution in [0, 0.1) is 0 Å². The van der Waals surface area contributed by atoms with Gasteiger partial charge in [-0.05, 0) is 92.9 Å². The highest BCUT2D eigenvalue weighted by Crippen LogP contribution is 2.40. The van der Waals surface area contributed by atoms with E-state index in [0.717, 1.165) is 57.9 Å². The second-order valence-electron chi connectivity index (χ2n) is 9.64. The number of nitrogens with one attached hydrogen (secondary N) is 2. The highest BCUT2D eigenvalue weighted by atomic mass is 32.2. The van der Waals surface area contributed by atoms with Gasteiger partial charge in [-0.25, -0.2) is 9.98 Å². The molecule has 8 bridgehead atoms. The van der Waals surface area contributed by atoms with Crippen LogP contribution in [0.5, 0.6) is 0 Å². The molecule has 36 heavy (non-hydrogen) atoms. The predicted octanol–water partition coefficient (Wildman–Crippen LogP) is 3.81. The molecular formula is C30H29N5S. The number of allylic oxidation sites excluding steroid dienone is 5. The monoisotopic (exact) mass is 491 g/mol. The molecule has 2 N–H and O–H groups in total. The molecule has 4 aliphatic rings. The van der Waals surface area contributed by atoms with Gasteiger partial charge in [0.2, 0.25) is 0 Å². The van der Waals surface area contributed by atoms with Crippen molar-refractivity contribution < 1.29 is 0 Å². The van der Waals surface area contributed by atoms with Crippen molar-refractivity contribution in [3.05, 3.63) is 112 Å². The summed E-state index contributed by atoms with van der Waals surface area (Å²) in [5.74, 6) is 1.04. The Labute approximate surface area is 215 Å². The maximum atomic E-state index is 4.95. The number of benzene rings is 1. The van der Waals surface area contributed by atoms with E-state index in [2.05, 4.69) is 120 Å². The van der Waals surface area contributed by atoms with Gasteiger partial charge in [0.05, 0.1) is 28.4 Å². The van der Waals surface area contributed by atoms with Crippen molar-refractivity contribution in [1.82, 2.24) is 15.2 Å². The Morgan fingerprint density at radius 2 is 1.61 bits per heavy atom. The third-order valence-electron chi connectivity index (χ3n) is 6.58. The van der Waals surface area contributed by atoms with Crippen LogP contribution in [0.2, 0.25) is 0 Å². The van der Waals surface area contributed by atoms with E-state index >= 15 is 0 Å². The second-order valence-corrected chi connectivity index (χ2v) is 10.8. The summed E-state index contributed by atoms with van der Waals surface area (Å²) in [7, 11) is 4.24. The zero-order valence-electron chi connectivity index (χ0n) is 20.5. The minimum absolute atomic E-state index is 0.385. The van der Waals surface area contributed by atoms with Crippen LogP contribution in [0.1, 0.15) is 12.0 Å². The minimum atomic E-state index is -0.385. The van der Waals surface area contributed by atoms with Gasteiger partial charge < -0.3 is 15.2 Å². The number of hydrogen-bond acceptors (Lipinski definition) is 5. The maximum Gasteiger partial charge on any atom is 0.0879 e. The molecule has 6 heteroatoms. The van der Waals surface area contributed by atoms with E-state index in [1.54, 1.807) is 0 Å². The van der Waals surface area contributed by atoms with Gasteiger partial charge >= 0.3 is 0 Å². The molecule has 4 aliphatic heterocycles. The van der Waals surface area contributed by atoms with Crippen LogP contribution in [0.3, 0.4) is 0 Å². The van der Waals surface area contributed by atoms with Gasteiger partial charge in [-0.2, -0.15) is 0 Å². The van der Waals surface area contributed by atoms with E-state index in [0.29, 0.717) is 0 Å². The lowest BCUT2D eigenvalue weighted by atomic mass is 9.87. The van der Waals surface area contributed by atoms with Gasteiger partial charge in [-0.3, -0.25) is 0 Å². The molecule has 180 valence electrons. The average Bonchev–Trinajstić information content (AvgIpc) is 3.65. The number of hydrogen-bond donors (Lipinski definition) is 2. The number of nitrogens with zero attached hydrogens (tertiary/aromatic N) is 3. The third-order valence-corrected chi connectivity index (χ3v) is 7.63. The molecule has 0 saturated heterocycles. The lowest BCUT2D eigenvalue weighted by Crippen LogP contribution is -2.36. The fourth-order valence-electron chi connectivity index (χ4n) is 4.81. The summed E-state index contributed by atoms with van der Waals surface area (Å²) in [6, 6.07) is 12.9. The van der Waals surface area contributed by atoms with Crippen LogP contribution < -0.4 is 16.0 Å². The Hall–Kier alpha value is -3.61. The number of fused-ring (bicyclic) bond motifs is 6. The summed E-state index contributed by atoms with van der Waals surface area (Å²) < 4.78 is 0. The first kappa shape index (κ1) is 22.8. The van der Waals surface area contributed by atoms with E-state index in [1.807, 2.05) is 11.8 Å².